The van der Waals surface area contributed by atoms with Gasteiger partial charge < -0.3 is 28.8 Å². The van der Waals surface area contributed by atoms with E-state index in [9.17, 15) is 4.79 Å². The Bertz CT molecular complexity index is 1650. The number of furan rings is 1. The predicted molar refractivity (Wildman–Crippen MR) is 146 cm³/mol. The molecule has 0 unspecified atom stereocenters. The molecule has 2 aromatic heterocycles. The summed E-state index contributed by atoms with van der Waals surface area (Å²) in [5.41, 5.74) is 5.51. The Morgan fingerprint density at radius 2 is 1.66 bits per heavy atom. The van der Waals surface area contributed by atoms with Crippen molar-refractivity contribution in [2.75, 3.05) is 48.4 Å². The first-order chi connectivity index (χ1) is 18.7. The molecule has 0 bridgehead atoms. The van der Waals surface area contributed by atoms with Gasteiger partial charge in [-0.15, -0.1) is 0 Å². The van der Waals surface area contributed by atoms with Crippen LogP contribution >= 0.6 is 0 Å². The molecule has 0 saturated carbocycles. The van der Waals surface area contributed by atoms with Crippen LogP contribution < -0.4 is 19.9 Å². The number of piperazine rings is 1. The van der Waals surface area contributed by atoms with Gasteiger partial charge in [0.25, 0.3) is 0 Å². The van der Waals surface area contributed by atoms with Crippen LogP contribution in [0.25, 0.3) is 22.2 Å². The third kappa shape index (κ3) is 3.52. The molecule has 8 nitrogen and oxygen atoms in total. The summed E-state index contributed by atoms with van der Waals surface area (Å²) in [6.45, 7) is 3.69. The molecule has 1 aliphatic carbocycles. The number of carbonyl (C=O) groups is 1. The predicted octanol–water partition coefficient (Wildman–Crippen LogP) is 5.58. The molecule has 3 aromatic carbocycles. The zero-order chi connectivity index (χ0) is 25.6. The maximum atomic E-state index is 13.8. The maximum absolute atomic E-state index is 13.8. The molecule has 5 aromatic rings. The van der Waals surface area contributed by atoms with Gasteiger partial charge in [0, 0.05) is 43.0 Å². The van der Waals surface area contributed by atoms with Crippen molar-refractivity contribution in [3.8, 4) is 17.1 Å². The molecular formula is C30H26N4O4. The van der Waals surface area contributed by atoms with E-state index >= 15 is 0 Å². The highest BCUT2D eigenvalue weighted by atomic mass is 16.5. The van der Waals surface area contributed by atoms with Crippen LogP contribution in [0.1, 0.15) is 21.7 Å². The summed E-state index contributed by atoms with van der Waals surface area (Å²) in [6.07, 6.45) is 1.65. The lowest BCUT2D eigenvalue weighted by molar-refractivity contribution is 0.104. The number of ketones is 1. The van der Waals surface area contributed by atoms with Crippen LogP contribution in [0, 0.1) is 0 Å². The van der Waals surface area contributed by atoms with Crippen LogP contribution in [0.15, 0.2) is 81.9 Å². The average molecular weight is 507 g/mol. The van der Waals surface area contributed by atoms with Gasteiger partial charge in [0.2, 0.25) is 0 Å². The van der Waals surface area contributed by atoms with Crippen molar-refractivity contribution in [2.45, 2.75) is 6.54 Å². The van der Waals surface area contributed by atoms with Gasteiger partial charge in [-0.1, -0.05) is 41.6 Å². The molecule has 1 fully saturated rings. The fourth-order valence-corrected chi connectivity index (χ4v) is 5.60. The first-order valence-corrected chi connectivity index (χ1v) is 12.7. The van der Waals surface area contributed by atoms with Crippen LogP contribution in [-0.2, 0) is 6.54 Å². The van der Waals surface area contributed by atoms with Gasteiger partial charge in [0.15, 0.2) is 11.5 Å². The molecule has 1 aliphatic heterocycles. The molecule has 1 N–H and O–H groups in total. The second-order valence-corrected chi connectivity index (χ2v) is 9.51. The Morgan fingerprint density at radius 3 is 2.42 bits per heavy atom. The average Bonchev–Trinajstić information content (AvgIpc) is 3.66. The van der Waals surface area contributed by atoms with Crippen LogP contribution in [0.3, 0.4) is 0 Å². The minimum absolute atomic E-state index is 0.0317. The number of anilines is 3. The molecule has 1 saturated heterocycles. The van der Waals surface area contributed by atoms with E-state index in [1.807, 2.05) is 60.7 Å². The lowest BCUT2D eigenvalue weighted by Crippen LogP contribution is -2.46. The quantitative estimate of drug-likeness (QED) is 0.314. The van der Waals surface area contributed by atoms with Gasteiger partial charge in [-0.05, 0) is 30.3 Å². The third-order valence-electron chi connectivity index (χ3n) is 7.46. The molecule has 7 rings (SSSR count). The number of aromatic nitrogens is 1. The summed E-state index contributed by atoms with van der Waals surface area (Å²) in [7, 11) is 1.70. The van der Waals surface area contributed by atoms with Crippen molar-refractivity contribution in [2.24, 2.45) is 0 Å². The third-order valence-corrected chi connectivity index (χ3v) is 7.46. The van der Waals surface area contributed by atoms with E-state index in [1.165, 1.54) is 0 Å². The number of para-hydroxylation sites is 2. The number of hydrogen-bond acceptors (Lipinski definition) is 8. The number of fused-ring (bicyclic) bond motifs is 2. The number of nitrogens with one attached hydrogen (secondary N) is 1. The van der Waals surface area contributed by atoms with E-state index in [-0.39, 0.29) is 5.78 Å². The standard InChI is InChI=1S/C30H26N4O4/c1-36-25-11-5-4-10-23(25)33-12-14-34(15-13-33)24-17-22(31-18-19-7-6-16-37-19)26-27-28(24)32-38-30(27)21-9-3-2-8-20(21)29(26)35/h2-11,16-17,31H,12-15,18H2,1H3. The molecule has 0 radical (unpaired) electrons. The highest BCUT2D eigenvalue weighted by molar-refractivity contribution is 6.28. The minimum atomic E-state index is -0.0317. The fraction of sp³-hybridized carbons (Fsp3) is 0.200. The fourth-order valence-electron chi connectivity index (χ4n) is 5.60. The topological polar surface area (TPSA) is 84.0 Å². The van der Waals surface area contributed by atoms with Crippen LogP contribution in [0.4, 0.5) is 17.1 Å². The minimum Gasteiger partial charge on any atom is -0.495 e. The summed E-state index contributed by atoms with van der Waals surface area (Å²) < 4.78 is 17.1. The first-order valence-electron chi connectivity index (χ1n) is 12.7. The Hall–Kier alpha value is -4.72. The molecule has 3 heterocycles. The Labute approximate surface area is 219 Å². The van der Waals surface area contributed by atoms with Gasteiger partial charge in [0.1, 0.15) is 17.0 Å². The number of benzene rings is 3. The van der Waals surface area contributed by atoms with E-state index in [0.717, 1.165) is 65.7 Å². The van der Waals surface area contributed by atoms with Crippen LogP contribution in [0.5, 0.6) is 5.75 Å². The van der Waals surface area contributed by atoms with E-state index in [2.05, 4.69) is 26.3 Å². The lowest BCUT2D eigenvalue weighted by Gasteiger charge is -2.38. The Morgan fingerprint density at radius 1 is 0.921 bits per heavy atom. The number of hydrogen-bond donors (Lipinski definition) is 1. The van der Waals surface area contributed by atoms with Gasteiger partial charge in [0.05, 0.1) is 42.2 Å². The summed E-state index contributed by atoms with van der Waals surface area (Å²) in [4.78, 5) is 18.4. The van der Waals surface area contributed by atoms with Crippen molar-refractivity contribution < 1.29 is 18.5 Å². The SMILES string of the molecule is COc1ccccc1N1CCN(c2cc(NCc3ccco3)c3c4c(onc24)-c2ccccc2C3=O)CC1. The lowest BCUT2D eigenvalue weighted by atomic mass is 9.86. The molecule has 0 atom stereocenters. The van der Waals surface area contributed by atoms with E-state index in [1.54, 1.807) is 13.4 Å². The van der Waals surface area contributed by atoms with E-state index in [4.69, 9.17) is 13.7 Å². The molecule has 190 valence electrons. The van der Waals surface area contributed by atoms with Gasteiger partial charge in [-0.3, -0.25) is 4.79 Å². The summed E-state index contributed by atoms with van der Waals surface area (Å²) >= 11 is 0. The van der Waals surface area contributed by atoms with Gasteiger partial charge in [-0.2, -0.15) is 0 Å². The molecule has 0 amide bonds. The molecule has 38 heavy (non-hydrogen) atoms. The molecule has 8 heteroatoms. The second-order valence-electron chi connectivity index (χ2n) is 9.51. The van der Waals surface area contributed by atoms with Gasteiger partial charge in [-0.25, -0.2) is 0 Å². The van der Waals surface area contributed by atoms with Crippen molar-refractivity contribution in [3.05, 3.63) is 89.9 Å². The van der Waals surface area contributed by atoms with Crippen molar-refractivity contribution in [1.82, 2.24) is 5.16 Å². The molecule has 2 aliphatic rings. The monoisotopic (exact) mass is 506 g/mol. The number of nitrogens with zero attached hydrogens (tertiary/aromatic N) is 3. The largest absolute Gasteiger partial charge is 0.495 e. The van der Waals surface area contributed by atoms with Crippen molar-refractivity contribution in [1.29, 1.82) is 0 Å². The number of carbonyl (C=O) groups excluding carboxylic acids is 1. The summed E-state index contributed by atoms with van der Waals surface area (Å²) in [5.74, 6) is 2.27. The van der Waals surface area contributed by atoms with E-state index in [0.29, 0.717) is 28.9 Å². The number of methoxy groups -OCH3 is 1. The summed E-state index contributed by atoms with van der Waals surface area (Å²) in [5, 5.41) is 8.73. The number of ether oxygens (including phenoxy) is 1. The highest BCUT2D eigenvalue weighted by Gasteiger charge is 2.34. The van der Waals surface area contributed by atoms with Crippen molar-refractivity contribution in [3.63, 3.8) is 0 Å². The zero-order valence-electron chi connectivity index (χ0n) is 20.9. The van der Waals surface area contributed by atoms with Gasteiger partial charge >= 0.3 is 0 Å². The molecular weight excluding hydrogens is 480 g/mol. The maximum Gasteiger partial charge on any atom is 0.196 e. The summed E-state index contributed by atoms with van der Waals surface area (Å²) in [6, 6.07) is 21.5. The number of rotatable bonds is 6. The van der Waals surface area contributed by atoms with E-state index < -0.39 is 0 Å². The zero-order valence-corrected chi connectivity index (χ0v) is 20.9. The molecule has 0 spiro atoms. The second kappa shape index (κ2) is 8.99. The van der Waals surface area contributed by atoms with Crippen LogP contribution in [0.2, 0.25) is 0 Å². The normalized spacial score (nSPS) is 14.6. The van der Waals surface area contributed by atoms with Crippen LogP contribution in [-0.4, -0.2) is 44.2 Å². The highest BCUT2D eigenvalue weighted by Crippen LogP contribution is 2.46. The first kappa shape index (κ1) is 22.5. The smallest absolute Gasteiger partial charge is 0.196 e. The Balaban J connectivity index is 1.29. The van der Waals surface area contributed by atoms with Crippen molar-refractivity contribution >= 4 is 33.7 Å². The Kier molecular flexibility index (Phi) is 5.32.